The molecule has 0 bridgehead atoms. The quantitative estimate of drug-likeness (QED) is 0.442. The van der Waals surface area contributed by atoms with E-state index >= 15 is 0 Å². The van der Waals surface area contributed by atoms with E-state index in [4.69, 9.17) is 15.7 Å². The van der Waals surface area contributed by atoms with Crippen molar-refractivity contribution in [3.63, 3.8) is 0 Å². The van der Waals surface area contributed by atoms with E-state index < -0.39 is 10.1 Å². The lowest BCUT2D eigenvalue weighted by molar-refractivity contribution is 0.483. The van der Waals surface area contributed by atoms with Gasteiger partial charge in [-0.1, -0.05) is 29.5 Å². The molecule has 0 aliphatic rings. The van der Waals surface area contributed by atoms with Crippen LogP contribution < -0.4 is 5.73 Å². The molecule has 0 saturated heterocycles. The fraction of sp³-hybridized carbons (Fsp3) is 0.200. The Morgan fingerprint density at radius 2 is 1.78 bits per heavy atom. The second-order valence-corrected chi connectivity index (χ2v) is 7.16. The van der Waals surface area contributed by atoms with Crippen LogP contribution in [0.1, 0.15) is 11.1 Å². The predicted octanol–water partition coefficient (Wildman–Crippen LogP) is 2.49. The number of thioether (sulfide) groups is 1. The first-order valence-corrected chi connectivity index (χ1v) is 9.11. The average Bonchev–Trinajstić information content (AvgIpc) is 2.48. The number of nitrogens with zero attached hydrogens (tertiary/aromatic N) is 1. The summed E-state index contributed by atoms with van der Waals surface area (Å²) in [4.78, 5) is 3.85. The molecule has 0 amide bonds. The van der Waals surface area contributed by atoms with Crippen molar-refractivity contribution in [3.05, 3.63) is 59.9 Å². The third-order valence-electron chi connectivity index (χ3n) is 2.72. The van der Waals surface area contributed by atoms with Gasteiger partial charge in [-0.2, -0.15) is 8.42 Å². The van der Waals surface area contributed by atoms with Gasteiger partial charge in [-0.15, -0.1) is 0 Å². The number of nitrogens with one attached hydrogen (secondary N) is 1. The summed E-state index contributed by atoms with van der Waals surface area (Å²) in [5, 5.41) is 7.17. The SMILES string of the molecule is Cc1ccc(S(=O)(=O)O)cc1.N=C(N)SCCc1ccncc1. The van der Waals surface area contributed by atoms with Gasteiger partial charge in [0, 0.05) is 18.1 Å². The van der Waals surface area contributed by atoms with Crippen LogP contribution >= 0.6 is 11.8 Å². The van der Waals surface area contributed by atoms with E-state index in [1.54, 1.807) is 24.5 Å². The summed E-state index contributed by atoms with van der Waals surface area (Å²) in [6.07, 6.45) is 4.48. The van der Waals surface area contributed by atoms with Crippen LogP contribution in [0.25, 0.3) is 0 Å². The molecule has 0 fully saturated rings. The van der Waals surface area contributed by atoms with Crippen molar-refractivity contribution in [2.24, 2.45) is 5.73 Å². The summed E-state index contributed by atoms with van der Waals surface area (Å²) < 4.78 is 29.6. The van der Waals surface area contributed by atoms with E-state index in [-0.39, 0.29) is 10.1 Å². The average molecular weight is 353 g/mol. The van der Waals surface area contributed by atoms with Gasteiger partial charge in [0.2, 0.25) is 0 Å². The van der Waals surface area contributed by atoms with Crippen molar-refractivity contribution in [3.8, 4) is 0 Å². The van der Waals surface area contributed by atoms with Gasteiger partial charge in [0.1, 0.15) is 0 Å². The maximum Gasteiger partial charge on any atom is 0.294 e. The topological polar surface area (TPSA) is 117 Å². The fourth-order valence-electron chi connectivity index (χ4n) is 1.54. The van der Waals surface area contributed by atoms with Crippen LogP contribution in [-0.2, 0) is 16.5 Å². The first-order valence-electron chi connectivity index (χ1n) is 6.69. The smallest absolute Gasteiger partial charge is 0.294 e. The molecule has 1 aromatic heterocycles. The largest absolute Gasteiger partial charge is 0.379 e. The summed E-state index contributed by atoms with van der Waals surface area (Å²) in [6, 6.07) is 9.93. The molecule has 0 unspecified atom stereocenters. The van der Waals surface area contributed by atoms with Crippen LogP contribution in [0.2, 0.25) is 0 Å². The highest BCUT2D eigenvalue weighted by Crippen LogP contribution is 2.08. The van der Waals surface area contributed by atoms with Crippen LogP contribution in [0.5, 0.6) is 0 Å². The monoisotopic (exact) mass is 353 g/mol. The molecule has 0 radical (unpaired) electrons. The van der Waals surface area contributed by atoms with Gasteiger partial charge in [0.05, 0.1) is 4.90 Å². The maximum atomic E-state index is 10.5. The molecule has 23 heavy (non-hydrogen) atoms. The Kier molecular flexibility index (Phi) is 7.73. The van der Waals surface area contributed by atoms with Crippen LogP contribution in [0, 0.1) is 12.3 Å². The third kappa shape index (κ3) is 8.34. The van der Waals surface area contributed by atoms with Crippen LogP contribution in [0.3, 0.4) is 0 Å². The Bertz CT molecular complexity index is 717. The number of aryl methyl sites for hydroxylation is 2. The Morgan fingerprint density at radius 1 is 1.22 bits per heavy atom. The number of benzene rings is 1. The Morgan fingerprint density at radius 3 is 2.26 bits per heavy atom. The lowest BCUT2D eigenvalue weighted by Crippen LogP contribution is -2.05. The molecule has 1 heterocycles. The zero-order valence-corrected chi connectivity index (χ0v) is 14.3. The van der Waals surface area contributed by atoms with E-state index in [1.165, 1.54) is 29.5 Å². The normalized spacial score (nSPS) is 10.5. The standard InChI is InChI=1S/C8H11N3S.C7H8O3S/c9-8(10)12-6-3-7-1-4-11-5-2-7;1-6-2-4-7(5-3-6)11(8,9)10/h1-2,4-5H,3,6H2,(H3,9,10);2-5H,1H3,(H,8,9,10). The van der Waals surface area contributed by atoms with Crippen molar-refractivity contribution in [1.82, 2.24) is 4.98 Å². The molecule has 1 aromatic carbocycles. The van der Waals surface area contributed by atoms with Crippen molar-refractivity contribution in [1.29, 1.82) is 5.41 Å². The summed E-state index contributed by atoms with van der Waals surface area (Å²) in [7, 11) is -4.02. The molecule has 0 spiro atoms. The van der Waals surface area contributed by atoms with Gasteiger partial charge in [0.25, 0.3) is 10.1 Å². The summed E-state index contributed by atoms with van der Waals surface area (Å²) in [5.74, 6) is 0.860. The lowest BCUT2D eigenvalue weighted by atomic mass is 10.2. The number of pyridine rings is 1. The van der Waals surface area contributed by atoms with Gasteiger partial charge in [-0.3, -0.25) is 14.9 Å². The minimum atomic E-state index is -4.02. The molecule has 2 rings (SSSR count). The van der Waals surface area contributed by atoms with Gasteiger partial charge >= 0.3 is 0 Å². The van der Waals surface area contributed by atoms with Crippen molar-refractivity contribution in [2.75, 3.05) is 5.75 Å². The first kappa shape index (κ1) is 19.1. The van der Waals surface area contributed by atoms with Gasteiger partial charge in [-0.05, 0) is 43.2 Å². The van der Waals surface area contributed by atoms with E-state index in [0.29, 0.717) is 0 Å². The molecule has 8 heteroatoms. The van der Waals surface area contributed by atoms with Crippen molar-refractivity contribution >= 4 is 27.0 Å². The molecule has 4 N–H and O–H groups in total. The molecule has 0 aliphatic carbocycles. The molecule has 0 atom stereocenters. The lowest BCUT2D eigenvalue weighted by Gasteiger charge is -1.98. The second-order valence-electron chi connectivity index (χ2n) is 4.61. The number of rotatable bonds is 4. The molecule has 0 aliphatic heterocycles. The maximum absolute atomic E-state index is 10.5. The zero-order chi connectivity index (χ0) is 17.3. The molecule has 2 aromatic rings. The Hall–Kier alpha value is -1.90. The fourth-order valence-corrected chi connectivity index (χ4v) is 2.58. The number of hydrogen-bond donors (Lipinski definition) is 3. The minimum absolute atomic E-state index is 0.0666. The number of hydrogen-bond acceptors (Lipinski definition) is 5. The third-order valence-corrected chi connectivity index (χ3v) is 4.30. The molecule has 0 saturated carbocycles. The van der Waals surface area contributed by atoms with Crippen molar-refractivity contribution < 1.29 is 13.0 Å². The molecular weight excluding hydrogens is 334 g/mol. The molecular formula is C15H19N3O3S2. The highest BCUT2D eigenvalue weighted by Gasteiger charge is 2.06. The van der Waals surface area contributed by atoms with Gasteiger partial charge < -0.3 is 5.73 Å². The predicted molar refractivity (Wildman–Crippen MR) is 93.3 cm³/mol. The summed E-state index contributed by atoms with van der Waals surface area (Å²) in [6.45, 7) is 1.84. The van der Waals surface area contributed by atoms with Crippen molar-refractivity contribution in [2.45, 2.75) is 18.2 Å². The van der Waals surface area contributed by atoms with E-state index in [1.807, 2.05) is 19.1 Å². The first-order chi connectivity index (χ1) is 10.8. The van der Waals surface area contributed by atoms with Gasteiger partial charge in [-0.25, -0.2) is 0 Å². The Balaban J connectivity index is 0.000000231. The zero-order valence-electron chi connectivity index (χ0n) is 12.6. The summed E-state index contributed by atoms with van der Waals surface area (Å²) in [5.41, 5.74) is 7.38. The molecule has 124 valence electrons. The molecule has 6 nitrogen and oxygen atoms in total. The van der Waals surface area contributed by atoms with Crippen LogP contribution in [0.4, 0.5) is 0 Å². The number of aromatic nitrogens is 1. The second kappa shape index (κ2) is 9.29. The van der Waals surface area contributed by atoms with E-state index in [2.05, 4.69) is 4.98 Å². The highest BCUT2D eigenvalue weighted by atomic mass is 32.2. The number of nitrogens with two attached hydrogens (primary N) is 1. The van der Waals surface area contributed by atoms with E-state index in [9.17, 15) is 8.42 Å². The van der Waals surface area contributed by atoms with Crippen LogP contribution in [0.15, 0.2) is 53.7 Å². The highest BCUT2D eigenvalue weighted by molar-refractivity contribution is 8.13. The Labute approximate surface area is 140 Å². The van der Waals surface area contributed by atoms with Gasteiger partial charge in [0.15, 0.2) is 5.17 Å². The van der Waals surface area contributed by atoms with E-state index in [0.717, 1.165) is 17.7 Å². The van der Waals surface area contributed by atoms with Crippen LogP contribution in [-0.4, -0.2) is 28.9 Å². The number of amidine groups is 1. The summed E-state index contributed by atoms with van der Waals surface area (Å²) >= 11 is 1.37. The minimum Gasteiger partial charge on any atom is -0.379 e.